The number of aliphatic hydroxyl groups excluding tert-OH is 1. The minimum absolute atomic E-state index is 0.0303. The van der Waals surface area contributed by atoms with Gasteiger partial charge in [0.2, 0.25) is 5.75 Å². The lowest BCUT2D eigenvalue weighted by atomic mass is 9.78. The Hall–Kier alpha value is -1.95. The molecule has 1 unspecified atom stereocenters. The zero-order chi connectivity index (χ0) is 13.4. The first-order valence-electron chi connectivity index (χ1n) is 4.84. The highest BCUT2D eigenvalue weighted by Gasteiger charge is 2.38. The molecule has 0 saturated carbocycles. The third-order valence-electron chi connectivity index (χ3n) is 2.74. The van der Waals surface area contributed by atoms with Crippen molar-refractivity contribution in [2.75, 3.05) is 0 Å². The Kier molecular flexibility index (Phi) is 3.19. The Morgan fingerprint density at radius 1 is 1.18 bits per heavy atom. The number of hydrogen-bond donors (Lipinski definition) is 5. The van der Waals surface area contributed by atoms with Gasteiger partial charge in [-0.15, -0.1) is 0 Å². The molecule has 1 aromatic rings. The maximum atomic E-state index is 10.7. The molecule has 94 valence electrons. The molecule has 0 aliphatic heterocycles. The highest BCUT2D eigenvalue weighted by Crippen LogP contribution is 2.43. The molecule has 6 nitrogen and oxygen atoms in total. The number of rotatable bonds is 3. The molecule has 1 aromatic carbocycles. The van der Waals surface area contributed by atoms with Crippen LogP contribution in [0.2, 0.25) is 0 Å². The van der Waals surface area contributed by atoms with Gasteiger partial charge in [-0.1, -0.05) is 19.9 Å². The molecule has 0 spiro atoms. The molecule has 17 heavy (non-hydrogen) atoms. The zero-order valence-electron chi connectivity index (χ0n) is 9.38. The summed E-state index contributed by atoms with van der Waals surface area (Å²) in [6.07, 6.45) is -1.75. The molecule has 0 aliphatic rings. The number of aromatic hydroxyl groups is 3. The summed E-state index contributed by atoms with van der Waals surface area (Å²) in [6, 6.07) is 2.36. The number of benzene rings is 1. The van der Waals surface area contributed by atoms with Gasteiger partial charge in [-0.2, -0.15) is 0 Å². The minimum Gasteiger partial charge on any atom is -0.504 e. The standard InChI is InChI=1S/C11H14O6/c1-11(2,9(15)10(16)17)5-3-4-6(12)8(14)7(5)13/h3-4,9,12-15H,1-2H3,(H,16,17). The van der Waals surface area contributed by atoms with Crippen molar-refractivity contribution < 1.29 is 30.3 Å². The molecule has 0 fully saturated rings. The summed E-state index contributed by atoms with van der Waals surface area (Å²) in [5.74, 6) is -3.35. The molecule has 0 saturated heterocycles. The van der Waals surface area contributed by atoms with E-state index >= 15 is 0 Å². The second-order valence-electron chi connectivity index (χ2n) is 4.29. The molecular formula is C11H14O6. The molecule has 1 atom stereocenters. The third kappa shape index (κ3) is 2.12. The van der Waals surface area contributed by atoms with Gasteiger partial charge in [0.25, 0.3) is 0 Å². The second kappa shape index (κ2) is 4.14. The van der Waals surface area contributed by atoms with E-state index in [-0.39, 0.29) is 5.56 Å². The minimum atomic E-state index is -1.75. The number of hydrogen-bond acceptors (Lipinski definition) is 5. The summed E-state index contributed by atoms with van der Waals surface area (Å²) < 4.78 is 0. The van der Waals surface area contributed by atoms with Crippen molar-refractivity contribution in [3.63, 3.8) is 0 Å². The van der Waals surface area contributed by atoms with Crippen molar-refractivity contribution >= 4 is 5.97 Å². The summed E-state index contributed by atoms with van der Waals surface area (Å²) in [5.41, 5.74) is -1.29. The van der Waals surface area contributed by atoms with E-state index in [0.717, 1.165) is 6.07 Å². The number of carboxylic acid groups (broad SMARTS) is 1. The van der Waals surface area contributed by atoms with E-state index in [1.54, 1.807) is 0 Å². The number of aliphatic carboxylic acids is 1. The Morgan fingerprint density at radius 3 is 2.18 bits per heavy atom. The fraction of sp³-hybridized carbons (Fsp3) is 0.364. The Balaban J connectivity index is 3.34. The van der Waals surface area contributed by atoms with Gasteiger partial charge in [0, 0.05) is 11.0 Å². The van der Waals surface area contributed by atoms with E-state index in [9.17, 15) is 20.1 Å². The lowest BCUT2D eigenvalue weighted by molar-refractivity contribution is -0.150. The average molecular weight is 242 g/mol. The predicted molar refractivity (Wildman–Crippen MR) is 58.1 cm³/mol. The fourth-order valence-electron chi connectivity index (χ4n) is 1.54. The first-order valence-corrected chi connectivity index (χ1v) is 4.84. The average Bonchev–Trinajstić information content (AvgIpc) is 2.24. The van der Waals surface area contributed by atoms with E-state index in [0.29, 0.717) is 0 Å². The first kappa shape index (κ1) is 13.1. The summed E-state index contributed by atoms with van der Waals surface area (Å²) in [5, 5.41) is 46.4. The van der Waals surface area contributed by atoms with Crippen molar-refractivity contribution in [1.82, 2.24) is 0 Å². The molecular weight excluding hydrogens is 228 g/mol. The Bertz CT molecular complexity index is 452. The zero-order valence-corrected chi connectivity index (χ0v) is 9.38. The second-order valence-corrected chi connectivity index (χ2v) is 4.29. The highest BCUT2D eigenvalue weighted by atomic mass is 16.4. The van der Waals surface area contributed by atoms with Crippen molar-refractivity contribution in [2.24, 2.45) is 0 Å². The van der Waals surface area contributed by atoms with Gasteiger partial charge in [-0.3, -0.25) is 0 Å². The largest absolute Gasteiger partial charge is 0.504 e. The Morgan fingerprint density at radius 2 is 1.71 bits per heavy atom. The van der Waals surface area contributed by atoms with Crippen LogP contribution < -0.4 is 0 Å². The number of aliphatic hydroxyl groups is 1. The van der Waals surface area contributed by atoms with Crippen LogP contribution in [0, 0.1) is 0 Å². The van der Waals surface area contributed by atoms with Crippen LogP contribution in [0.15, 0.2) is 12.1 Å². The van der Waals surface area contributed by atoms with Crippen LogP contribution in [-0.2, 0) is 10.2 Å². The van der Waals surface area contributed by atoms with Crippen LogP contribution in [-0.4, -0.2) is 37.6 Å². The van der Waals surface area contributed by atoms with Gasteiger partial charge in [0.05, 0.1) is 0 Å². The summed E-state index contributed by atoms with van der Waals surface area (Å²) in [4.78, 5) is 10.7. The maximum Gasteiger partial charge on any atom is 0.333 e. The first-order chi connectivity index (χ1) is 7.69. The van der Waals surface area contributed by atoms with Crippen LogP contribution in [0.5, 0.6) is 17.2 Å². The van der Waals surface area contributed by atoms with Gasteiger partial charge in [-0.05, 0) is 6.07 Å². The summed E-state index contributed by atoms with van der Waals surface area (Å²) in [6.45, 7) is 2.80. The van der Waals surface area contributed by atoms with Gasteiger partial charge < -0.3 is 25.5 Å². The molecule has 1 rings (SSSR count). The molecule has 0 radical (unpaired) electrons. The van der Waals surface area contributed by atoms with Crippen LogP contribution in [0.1, 0.15) is 19.4 Å². The van der Waals surface area contributed by atoms with Crippen LogP contribution in [0.25, 0.3) is 0 Å². The smallest absolute Gasteiger partial charge is 0.333 e. The van der Waals surface area contributed by atoms with E-state index in [2.05, 4.69) is 0 Å². The van der Waals surface area contributed by atoms with Crippen molar-refractivity contribution in [1.29, 1.82) is 0 Å². The normalized spacial score (nSPS) is 13.4. The number of phenols is 3. The molecule has 0 aliphatic carbocycles. The molecule has 0 heterocycles. The lowest BCUT2D eigenvalue weighted by Crippen LogP contribution is -2.39. The number of carbonyl (C=O) groups is 1. The van der Waals surface area contributed by atoms with Crippen LogP contribution in [0.3, 0.4) is 0 Å². The van der Waals surface area contributed by atoms with Gasteiger partial charge >= 0.3 is 5.97 Å². The van der Waals surface area contributed by atoms with Gasteiger partial charge in [-0.25, -0.2) is 4.79 Å². The predicted octanol–water partition coefficient (Wildman–Crippen LogP) is 0.526. The maximum absolute atomic E-state index is 10.7. The van der Waals surface area contributed by atoms with E-state index in [4.69, 9.17) is 10.2 Å². The summed E-state index contributed by atoms with van der Waals surface area (Å²) in [7, 11) is 0. The number of carboxylic acids is 1. The monoisotopic (exact) mass is 242 g/mol. The third-order valence-corrected chi connectivity index (χ3v) is 2.74. The molecule has 6 heteroatoms. The van der Waals surface area contributed by atoms with Crippen molar-refractivity contribution in [3.8, 4) is 17.2 Å². The van der Waals surface area contributed by atoms with Gasteiger partial charge in [0.15, 0.2) is 17.6 Å². The number of phenolic OH excluding ortho intramolecular Hbond substituents is 3. The quantitative estimate of drug-likeness (QED) is 0.493. The highest BCUT2D eigenvalue weighted by molar-refractivity contribution is 5.75. The van der Waals surface area contributed by atoms with Crippen LogP contribution >= 0.6 is 0 Å². The van der Waals surface area contributed by atoms with Crippen LogP contribution in [0.4, 0.5) is 0 Å². The molecule has 0 aromatic heterocycles. The Labute approximate surface area is 97.4 Å². The van der Waals surface area contributed by atoms with Crippen molar-refractivity contribution in [3.05, 3.63) is 17.7 Å². The molecule has 0 amide bonds. The molecule has 0 bridgehead atoms. The van der Waals surface area contributed by atoms with E-state index < -0.39 is 34.7 Å². The topological polar surface area (TPSA) is 118 Å². The summed E-state index contributed by atoms with van der Waals surface area (Å²) >= 11 is 0. The lowest BCUT2D eigenvalue weighted by Gasteiger charge is -2.29. The van der Waals surface area contributed by atoms with E-state index in [1.807, 2.05) is 0 Å². The molecule has 5 N–H and O–H groups in total. The van der Waals surface area contributed by atoms with E-state index in [1.165, 1.54) is 19.9 Å². The van der Waals surface area contributed by atoms with Gasteiger partial charge in [0.1, 0.15) is 0 Å². The van der Waals surface area contributed by atoms with Crippen molar-refractivity contribution in [2.45, 2.75) is 25.4 Å². The SMILES string of the molecule is CC(C)(c1ccc(O)c(O)c1O)C(O)C(=O)O. The fourth-order valence-corrected chi connectivity index (χ4v) is 1.54.